The van der Waals surface area contributed by atoms with E-state index in [2.05, 4.69) is 26.6 Å². The number of benzene rings is 1. The fourth-order valence-corrected chi connectivity index (χ4v) is 2.36. The lowest BCUT2D eigenvalue weighted by Gasteiger charge is -2.17. The molecule has 0 unspecified atom stereocenters. The monoisotopic (exact) mass is 332 g/mol. The molecule has 1 rings (SSSR count). The quantitative estimate of drug-likeness (QED) is 0.750. The van der Waals surface area contributed by atoms with Gasteiger partial charge in [-0.15, -0.1) is 0 Å². The fourth-order valence-electron chi connectivity index (χ4n) is 1.44. The number of anilines is 1. The molecule has 0 bridgehead atoms. The molecular weight excluding hydrogens is 316 g/mol. The van der Waals surface area contributed by atoms with E-state index < -0.39 is 0 Å². The zero-order chi connectivity index (χ0) is 13.4. The van der Waals surface area contributed by atoms with Gasteiger partial charge in [-0.25, -0.2) is 4.79 Å². The van der Waals surface area contributed by atoms with Crippen LogP contribution in [-0.4, -0.2) is 35.8 Å². The Labute approximate surface area is 120 Å². The average molecular weight is 333 g/mol. The molecule has 0 aliphatic rings. The number of carbonyl (C=O) groups excluding carboxylic acids is 1. The van der Waals surface area contributed by atoms with Gasteiger partial charge in [-0.05, 0) is 36.9 Å². The molecule has 0 saturated carbocycles. The number of aliphatic hydroxyl groups is 1. The number of nitrogens with one attached hydrogen (secondary N) is 2. The Bertz CT molecular complexity index is 367. The van der Waals surface area contributed by atoms with Crippen LogP contribution in [0.2, 0.25) is 0 Å². The molecule has 1 aromatic rings. The second-order valence-corrected chi connectivity index (χ2v) is 5.60. The third kappa shape index (κ3) is 5.75. The summed E-state index contributed by atoms with van der Waals surface area (Å²) in [5.41, 5.74) is 0.739. The van der Waals surface area contributed by atoms with Gasteiger partial charge in [0, 0.05) is 28.6 Å². The van der Waals surface area contributed by atoms with Crippen molar-refractivity contribution in [3.63, 3.8) is 0 Å². The number of halogens is 1. The van der Waals surface area contributed by atoms with E-state index in [4.69, 9.17) is 5.11 Å². The molecule has 0 aliphatic heterocycles. The van der Waals surface area contributed by atoms with Crippen molar-refractivity contribution in [2.45, 2.75) is 12.5 Å². The molecule has 1 aromatic carbocycles. The van der Waals surface area contributed by atoms with E-state index in [1.54, 1.807) is 11.8 Å². The largest absolute Gasteiger partial charge is 0.396 e. The van der Waals surface area contributed by atoms with E-state index in [9.17, 15) is 4.79 Å². The Hall–Kier alpha value is -0.720. The van der Waals surface area contributed by atoms with Gasteiger partial charge in [0.25, 0.3) is 0 Å². The molecule has 4 nitrogen and oxygen atoms in total. The van der Waals surface area contributed by atoms with Crippen LogP contribution in [0.3, 0.4) is 0 Å². The van der Waals surface area contributed by atoms with E-state index in [-0.39, 0.29) is 18.7 Å². The molecule has 6 heteroatoms. The third-order valence-corrected chi connectivity index (χ3v) is 3.55. The molecule has 0 heterocycles. The Balaban J connectivity index is 2.46. The molecule has 100 valence electrons. The SMILES string of the molecule is CSC[C@@H](CCO)NC(=O)Nc1ccc(Br)cc1. The molecule has 0 aromatic heterocycles. The van der Waals surface area contributed by atoms with E-state index >= 15 is 0 Å². The summed E-state index contributed by atoms with van der Waals surface area (Å²) in [6.07, 6.45) is 2.53. The van der Waals surface area contributed by atoms with Crippen LogP contribution in [0, 0.1) is 0 Å². The summed E-state index contributed by atoms with van der Waals surface area (Å²) in [5, 5.41) is 14.5. The summed E-state index contributed by atoms with van der Waals surface area (Å²) in [6.45, 7) is 0.0732. The number of amides is 2. The van der Waals surface area contributed by atoms with Crippen molar-refractivity contribution in [2.24, 2.45) is 0 Å². The Morgan fingerprint density at radius 2 is 2.11 bits per heavy atom. The van der Waals surface area contributed by atoms with Crippen LogP contribution in [0.25, 0.3) is 0 Å². The Morgan fingerprint density at radius 1 is 1.44 bits per heavy atom. The molecular formula is C12H17BrN2O2S. The molecule has 18 heavy (non-hydrogen) atoms. The van der Waals surface area contributed by atoms with Crippen LogP contribution < -0.4 is 10.6 Å². The summed E-state index contributed by atoms with van der Waals surface area (Å²) in [6, 6.07) is 7.11. The number of urea groups is 1. The second kappa shape index (κ2) is 8.39. The minimum absolute atomic E-state index is 0.0135. The van der Waals surface area contributed by atoms with Crippen LogP contribution in [0.4, 0.5) is 10.5 Å². The normalized spacial score (nSPS) is 11.9. The van der Waals surface area contributed by atoms with Gasteiger partial charge in [-0.2, -0.15) is 11.8 Å². The molecule has 0 spiro atoms. The topological polar surface area (TPSA) is 61.4 Å². The van der Waals surface area contributed by atoms with Crippen molar-refractivity contribution in [3.8, 4) is 0 Å². The maximum absolute atomic E-state index is 11.7. The molecule has 0 fully saturated rings. The highest BCUT2D eigenvalue weighted by molar-refractivity contribution is 9.10. The highest BCUT2D eigenvalue weighted by Crippen LogP contribution is 2.14. The zero-order valence-corrected chi connectivity index (χ0v) is 12.6. The number of aliphatic hydroxyl groups excluding tert-OH is 1. The molecule has 1 atom stereocenters. The Morgan fingerprint density at radius 3 is 2.67 bits per heavy atom. The summed E-state index contributed by atoms with van der Waals surface area (Å²) >= 11 is 4.97. The minimum Gasteiger partial charge on any atom is -0.396 e. The fraction of sp³-hybridized carbons (Fsp3) is 0.417. The van der Waals surface area contributed by atoms with Crippen LogP contribution in [0.5, 0.6) is 0 Å². The molecule has 2 amide bonds. The third-order valence-electron chi connectivity index (χ3n) is 2.28. The van der Waals surface area contributed by atoms with Crippen molar-refractivity contribution in [2.75, 3.05) is 23.9 Å². The van der Waals surface area contributed by atoms with Crippen molar-refractivity contribution in [3.05, 3.63) is 28.7 Å². The average Bonchev–Trinajstić information content (AvgIpc) is 2.33. The van der Waals surface area contributed by atoms with Crippen molar-refractivity contribution in [1.82, 2.24) is 5.32 Å². The van der Waals surface area contributed by atoms with Crippen molar-refractivity contribution >= 4 is 39.4 Å². The number of carbonyl (C=O) groups is 1. The maximum atomic E-state index is 11.7. The smallest absolute Gasteiger partial charge is 0.319 e. The molecule has 0 aliphatic carbocycles. The van der Waals surface area contributed by atoms with E-state index in [0.717, 1.165) is 15.9 Å². The summed E-state index contributed by atoms with van der Waals surface area (Å²) in [5.74, 6) is 0.786. The predicted molar refractivity (Wildman–Crippen MR) is 80.2 cm³/mol. The van der Waals surface area contributed by atoms with Gasteiger partial charge in [0.05, 0.1) is 0 Å². The first-order valence-electron chi connectivity index (χ1n) is 5.58. The summed E-state index contributed by atoms with van der Waals surface area (Å²) < 4.78 is 0.967. The number of hydrogen-bond donors (Lipinski definition) is 3. The minimum atomic E-state index is -0.246. The predicted octanol–water partition coefficient (Wildman–Crippen LogP) is 2.68. The summed E-state index contributed by atoms with van der Waals surface area (Å²) in [4.78, 5) is 11.7. The van der Waals surface area contributed by atoms with Gasteiger partial charge in [-0.1, -0.05) is 15.9 Å². The number of thioether (sulfide) groups is 1. The molecule has 3 N–H and O–H groups in total. The first-order valence-corrected chi connectivity index (χ1v) is 7.77. The van der Waals surface area contributed by atoms with E-state index in [0.29, 0.717) is 6.42 Å². The molecule has 0 radical (unpaired) electrons. The highest BCUT2D eigenvalue weighted by atomic mass is 79.9. The van der Waals surface area contributed by atoms with Gasteiger partial charge in [0.1, 0.15) is 0 Å². The lowest BCUT2D eigenvalue weighted by atomic mass is 10.2. The van der Waals surface area contributed by atoms with Crippen LogP contribution >= 0.6 is 27.7 Å². The summed E-state index contributed by atoms with van der Waals surface area (Å²) in [7, 11) is 0. The van der Waals surface area contributed by atoms with Gasteiger partial charge in [0.15, 0.2) is 0 Å². The van der Waals surface area contributed by atoms with Crippen LogP contribution in [-0.2, 0) is 0 Å². The number of hydrogen-bond acceptors (Lipinski definition) is 3. The van der Waals surface area contributed by atoms with Gasteiger partial charge >= 0.3 is 6.03 Å². The number of rotatable bonds is 6. The first-order chi connectivity index (χ1) is 8.65. The lowest BCUT2D eigenvalue weighted by molar-refractivity contribution is 0.241. The van der Waals surface area contributed by atoms with Gasteiger partial charge in [0.2, 0.25) is 0 Å². The Kier molecular flexibility index (Phi) is 7.15. The highest BCUT2D eigenvalue weighted by Gasteiger charge is 2.11. The van der Waals surface area contributed by atoms with Gasteiger partial charge in [-0.3, -0.25) is 0 Å². The van der Waals surface area contributed by atoms with E-state index in [1.807, 2.05) is 30.5 Å². The first kappa shape index (κ1) is 15.3. The van der Waals surface area contributed by atoms with Crippen molar-refractivity contribution in [1.29, 1.82) is 0 Å². The zero-order valence-electron chi connectivity index (χ0n) is 10.1. The van der Waals surface area contributed by atoms with Crippen molar-refractivity contribution < 1.29 is 9.90 Å². The van der Waals surface area contributed by atoms with Crippen LogP contribution in [0.15, 0.2) is 28.7 Å². The van der Waals surface area contributed by atoms with Gasteiger partial charge < -0.3 is 15.7 Å². The van der Waals surface area contributed by atoms with Crippen LogP contribution in [0.1, 0.15) is 6.42 Å². The standard InChI is InChI=1S/C12H17BrN2O2S/c1-18-8-11(6-7-16)15-12(17)14-10-4-2-9(13)3-5-10/h2-5,11,16H,6-8H2,1H3,(H2,14,15,17)/t11-/m1/s1. The molecule has 0 saturated heterocycles. The maximum Gasteiger partial charge on any atom is 0.319 e. The van der Waals surface area contributed by atoms with E-state index in [1.165, 1.54) is 0 Å². The second-order valence-electron chi connectivity index (χ2n) is 3.77. The lowest BCUT2D eigenvalue weighted by Crippen LogP contribution is -2.40.